The number of hydrogen-bond donors (Lipinski definition) is 3. The topological polar surface area (TPSA) is 67.2 Å². The fraction of sp³-hybridized carbons (Fsp3) is 0.533. The molecule has 1 saturated heterocycles. The molecule has 0 saturated carbocycles. The number of nitrogens with one attached hydrogen (secondary N) is 2. The van der Waals surface area contributed by atoms with Crippen LogP contribution in [0.2, 0.25) is 0 Å². The van der Waals surface area contributed by atoms with E-state index in [9.17, 15) is 4.79 Å². The van der Waals surface area contributed by atoms with Gasteiger partial charge in [0.2, 0.25) is 5.91 Å². The monoisotopic (exact) mass is 291 g/mol. The van der Waals surface area contributed by atoms with Gasteiger partial charge in [-0.1, -0.05) is 0 Å². The van der Waals surface area contributed by atoms with Crippen LogP contribution >= 0.6 is 11.8 Å². The van der Waals surface area contributed by atoms with Gasteiger partial charge >= 0.3 is 0 Å². The van der Waals surface area contributed by atoms with Crippen LogP contribution in [-0.2, 0) is 11.2 Å². The molecule has 4 nitrogen and oxygen atoms in total. The SMILES string of the molecule is CC1(CNc2cc3c(cc2N)NC(=O)CC3)CCCS1. The Morgan fingerprint density at radius 2 is 2.30 bits per heavy atom. The predicted molar refractivity (Wildman–Crippen MR) is 86.4 cm³/mol. The van der Waals surface area contributed by atoms with E-state index in [0.29, 0.717) is 16.9 Å². The molecule has 0 aromatic heterocycles. The van der Waals surface area contributed by atoms with Gasteiger partial charge in [-0.15, -0.1) is 0 Å². The molecular formula is C15H21N3OS. The van der Waals surface area contributed by atoms with Crippen molar-refractivity contribution in [3.63, 3.8) is 0 Å². The fourth-order valence-electron chi connectivity index (χ4n) is 2.86. The van der Waals surface area contributed by atoms with E-state index in [1.54, 1.807) is 0 Å². The molecule has 20 heavy (non-hydrogen) atoms. The van der Waals surface area contributed by atoms with Crippen LogP contribution in [0.25, 0.3) is 0 Å². The number of rotatable bonds is 3. The third-order valence-corrected chi connectivity index (χ3v) is 5.66. The summed E-state index contributed by atoms with van der Waals surface area (Å²) in [5.74, 6) is 1.33. The molecule has 108 valence electrons. The molecule has 4 N–H and O–H groups in total. The van der Waals surface area contributed by atoms with E-state index in [1.165, 1.54) is 24.2 Å². The molecule has 2 heterocycles. The summed E-state index contributed by atoms with van der Waals surface area (Å²) in [7, 11) is 0. The standard InChI is InChI=1S/C15H21N3OS/c1-15(5-2-6-20-15)9-17-13-7-10-3-4-14(19)18-12(10)8-11(13)16/h7-8,17H,2-6,9,16H2,1H3,(H,18,19). The smallest absolute Gasteiger partial charge is 0.224 e. The lowest BCUT2D eigenvalue weighted by Gasteiger charge is -2.25. The van der Waals surface area contributed by atoms with Crippen LogP contribution in [0.5, 0.6) is 0 Å². The number of nitrogen functional groups attached to an aromatic ring is 1. The average Bonchev–Trinajstić information content (AvgIpc) is 2.84. The Morgan fingerprint density at radius 1 is 1.45 bits per heavy atom. The molecule has 0 bridgehead atoms. The van der Waals surface area contributed by atoms with Gasteiger partial charge in [0.25, 0.3) is 0 Å². The lowest BCUT2D eigenvalue weighted by Crippen LogP contribution is -2.27. The van der Waals surface area contributed by atoms with Crippen molar-refractivity contribution < 1.29 is 4.79 Å². The first-order valence-electron chi connectivity index (χ1n) is 7.16. The quantitative estimate of drug-likeness (QED) is 0.749. The Kier molecular flexibility index (Phi) is 3.54. The van der Waals surface area contributed by atoms with Crippen molar-refractivity contribution in [2.75, 3.05) is 28.7 Å². The van der Waals surface area contributed by atoms with Crippen LogP contribution in [0.3, 0.4) is 0 Å². The minimum absolute atomic E-state index is 0.0764. The van der Waals surface area contributed by atoms with Crippen molar-refractivity contribution in [1.29, 1.82) is 0 Å². The minimum Gasteiger partial charge on any atom is -0.397 e. The van der Waals surface area contributed by atoms with Crippen LogP contribution < -0.4 is 16.4 Å². The van der Waals surface area contributed by atoms with Gasteiger partial charge in [-0.3, -0.25) is 4.79 Å². The van der Waals surface area contributed by atoms with Crippen molar-refractivity contribution in [3.05, 3.63) is 17.7 Å². The maximum atomic E-state index is 11.4. The fourth-order valence-corrected chi connectivity index (χ4v) is 4.10. The van der Waals surface area contributed by atoms with E-state index in [4.69, 9.17) is 5.73 Å². The van der Waals surface area contributed by atoms with E-state index >= 15 is 0 Å². The van der Waals surface area contributed by atoms with Crippen molar-refractivity contribution in [1.82, 2.24) is 0 Å². The molecular weight excluding hydrogens is 270 g/mol. The summed E-state index contributed by atoms with van der Waals surface area (Å²) in [5, 5.41) is 6.38. The number of fused-ring (bicyclic) bond motifs is 1. The van der Waals surface area contributed by atoms with Crippen molar-refractivity contribution in [2.45, 2.75) is 37.4 Å². The molecule has 3 rings (SSSR count). The number of anilines is 3. The third kappa shape index (κ3) is 2.73. The van der Waals surface area contributed by atoms with Gasteiger partial charge in [0.1, 0.15) is 0 Å². The van der Waals surface area contributed by atoms with Gasteiger partial charge in [0.05, 0.1) is 11.4 Å². The Hall–Kier alpha value is -1.36. The molecule has 1 unspecified atom stereocenters. The highest BCUT2D eigenvalue weighted by Crippen LogP contribution is 2.38. The summed E-state index contributed by atoms with van der Waals surface area (Å²) in [6, 6.07) is 3.96. The van der Waals surface area contributed by atoms with Crippen LogP contribution in [0.4, 0.5) is 17.1 Å². The van der Waals surface area contributed by atoms with E-state index in [2.05, 4.69) is 23.6 Å². The third-order valence-electron chi connectivity index (χ3n) is 4.12. The van der Waals surface area contributed by atoms with Crippen molar-refractivity contribution in [3.8, 4) is 0 Å². The average molecular weight is 291 g/mol. The first kappa shape index (κ1) is 13.6. The van der Waals surface area contributed by atoms with Crippen molar-refractivity contribution >= 4 is 34.7 Å². The summed E-state index contributed by atoms with van der Waals surface area (Å²) in [5.41, 5.74) is 9.84. The Balaban J connectivity index is 1.75. The maximum absolute atomic E-state index is 11.4. The molecule has 1 aromatic rings. The molecule has 5 heteroatoms. The van der Waals surface area contributed by atoms with E-state index in [0.717, 1.165) is 24.3 Å². The number of thioether (sulfide) groups is 1. The van der Waals surface area contributed by atoms with Crippen LogP contribution in [-0.4, -0.2) is 23.0 Å². The lowest BCUT2D eigenvalue weighted by molar-refractivity contribution is -0.116. The van der Waals surface area contributed by atoms with E-state index < -0.39 is 0 Å². The number of nitrogens with two attached hydrogens (primary N) is 1. The number of hydrogen-bond acceptors (Lipinski definition) is 4. The second-order valence-corrected chi connectivity index (χ2v) is 7.58. The van der Waals surface area contributed by atoms with Crippen LogP contribution in [0.1, 0.15) is 31.7 Å². The zero-order valence-electron chi connectivity index (χ0n) is 11.8. The van der Waals surface area contributed by atoms with E-state index in [1.807, 2.05) is 17.8 Å². The van der Waals surface area contributed by atoms with E-state index in [-0.39, 0.29) is 5.91 Å². The van der Waals surface area contributed by atoms with Gasteiger partial charge < -0.3 is 16.4 Å². The normalized spacial score (nSPS) is 25.1. The first-order valence-corrected chi connectivity index (χ1v) is 8.14. The highest BCUT2D eigenvalue weighted by molar-refractivity contribution is 8.00. The predicted octanol–water partition coefficient (Wildman–Crippen LogP) is 2.85. The van der Waals surface area contributed by atoms with Gasteiger partial charge in [-0.2, -0.15) is 11.8 Å². The second kappa shape index (κ2) is 5.20. The van der Waals surface area contributed by atoms with Gasteiger partial charge in [0.15, 0.2) is 0 Å². The number of aryl methyl sites for hydroxylation is 1. The summed E-state index contributed by atoms with van der Waals surface area (Å²) in [6.07, 6.45) is 3.91. The number of amides is 1. The lowest BCUT2D eigenvalue weighted by atomic mass is 10.0. The largest absolute Gasteiger partial charge is 0.397 e. The molecule has 1 aromatic carbocycles. The zero-order valence-corrected chi connectivity index (χ0v) is 12.6. The Bertz CT molecular complexity index is 538. The van der Waals surface area contributed by atoms with Gasteiger partial charge in [0, 0.05) is 23.4 Å². The molecule has 1 fully saturated rings. The summed E-state index contributed by atoms with van der Waals surface area (Å²) >= 11 is 2.04. The highest BCUT2D eigenvalue weighted by atomic mass is 32.2. The molecule has 2 aliphatic heterocycles. The van der Waals surface area contributed by atoms with Crippen molar-refractivity contribution in [2.24, 2.45) is 0 Å². The number of carbonyl (C=O) groups is 1. The molecule has 2 aliphatic rings. The number of benzene rings is 1. The molecule has 1 atom stereocenters. The number of carbonyl (C=O) groups excluding carboxylic acids is 1. The summed E-state index contributed by atoms with van der Waals surface area (Å²) in [4.78, 5) is 11.4. The highest BCUT2D eigenvalue weighted by Gasteiger charge is 2.29. The second-order valence-electron chi connectivity index (χ2n) is 5.90. The summed E-state index contributed by atoms with van der Waals surface area (Å²) < 4.78 is 0.316. The van der Waals surface area contributed by atoms with Gasteiger partial charge in [-0.25, -0.2) is 0 Å². The molecule has 0 aliphatic carbocycles. The molecule has 1 amide bonds. The van der Waals surface area contributed by atoms with Crippen LogP contribution in [0.15, 0.2) is 12.1 Å². The Labute approximate surface area is 123 Å². The molecule has 0 radical (unpaired) electrons. The minimum atomic E-state index is 0.0764. The summed E-state index contributed by atoms with van der Waals surface area (Å²) in [6.45, 7) is 3.25. The first-order chi connectivity index (χ1) is 9.56. The van der Waals surface area contributed by atoms with Crippen LogP contribution in [0, 0.1) is 0 Å². The molecule has 0 spiro atoms. The maximum Gasteiger partial charge on any atom is 0.224 e. The zero-order chi connectivity index (χ0) is 14.2. The Morgan fingerprint density at radius 3 is 3.05 bits per heavy atom. The van der Waals surface area contributed by atoms with Gasteiger partial charge in [-0.05, 0) is 49.6 Å².